The van der Waals surface area contributed by atoms with Gasteiger partial charge in [-0.25, -0.2) is 9.78 Å². The Hall–Kier alpha value is -3.70. The van der Waals surface area contributed by atoms with E-state index in [2.05, 4.69) is 37.6 Å². The molecule has 4 heterocycles. The third-order valence-electron chi connectivity index (χ3n) is 6.90. The number of esters is 1. The van der Waals surface area contributed by atoms with E-state index in [9.17, 15) is 14.7 Å². The molecular formula is C24H27N7O4. The number of likely N-dealkylation sites (tertiary alicyclic amines) is 1. The van der Waals surface area contributed by atoms with Gasteiger partial charge in [-0.2, -0.15) is 4.68 Å². The first-order valence-corrected chi connectivity index (χ1v) is 11.5. The number of nitrogens with one attached hydrogen (secondary N) is 1. The van der Waals surface area contributed by atoms with Crippen LogP contribution in [0.4, 0.5) is 0 Å². The number of fused-ring (bicyclic) bond motifs is 1. The van der Waals surface area contributed by atoms with Crippen LogP contribution in [-0.2, 0) is 11.3 Å². The summed E-state index contributed by atoms with van der Waals surface area (Å²) in [7, 11) is 0. The second kappa shape index (κ2) is 9.16. The van der Waals surface area contributed by atoms with Gasteiger partial charge in [0.15, 0.2) is 0 Å². The topological polar surface area (TPSA) is 135 Å². The minimum Gasteiger partial charge on any atom is -0.457 e. The molecule has 1 amide bonds. The van der Waals surface area contributed by atoms with Gasteiger partial charge in [-0.1, -0.05) is 13.0 Å². The summed E-state index contributed by atoms with van der Waals surface area (Å²) in [4.78, 5) is 30.8. The van der Waals surface area contributed by atoms with Crippen LogP contribution >= 0.6 is 0 Å². The number of aromatic nitrogens is 5. The summed E-state index contributed by atoms with van der Waals surface area (Å²) < 4.78 is 6.59. The fourth-order valence-electron chi connectivity index (χ4n) is 4.82. The largest absolute Gasteiger partial charge is 0.457 e. The highest BCUT2D eigenvalue weighted by atomic mass is 16.5. The molecule has 0 aliphatic carbocycles. The predicted molar refractivity (Wildman–Crippen MR) is 124 cm³/mol. The van der Waals surface area contributed by atoms with Crippen LogP contribution in [-0.4, -0.2) is 73.3 Å². The van der Waals surface area contributed by atoms with E-state index in [0.717, 1.165) is 36.2 Å². The van der Waals surface area contributed by atoms with Gasteiger partial charge in [-0.05, 0) is 65.1 Å². The average Bonchev–Trinajstić information content (AvgIpc) is 3.60. The lowest BCUT2D eigenvalue weighted by Crippen LogP contribution is -2.38. The lowest BCUT2D eigenvalue weighted by atomic mass is 9.89. The van der Waals surface area contributed by atoms with Gasteiger partial charge in [0.1, 0.15) is 18.6 Å². The standard InChI is InChI=1S/C24H27N7O4/c1-15-17(4-5-18-19(15)11-35-23(18)34)21(32)10-30-8-7-24(2,13-30)12-26-22(33)20-6-3-16(9-25-20)31-14-27-28-29-31/h3-6,9,14,21,32H,7-8,10-13H2,1-2H3,(H,26,33). The molecule has 2 aliphatic heterocycles. The van der Waals surface area contributed by atoms with Crippen molar-refractivity contribution in [2.45, 2.75) is 33.0 Å². The van der Waals surface area contributed by atoms with Crippen molar-refractivity contribution >= 4 is 11.9 Å². The van der Waals surface area contributed by atoms with Crippen molar-refractivity contribution in [2.75, 3.05) is 26.2 Å². The van der Waals surface area contributed by atoms with Crippen molar-refractivity contribution in [1.82, 2.24) is 35.4 Å². The first-order valence-electron chi connectivity index (χ1n) is 11.5. The minimum atomic E-state index is -0.671. The molecule has 1 fully saturated rings. The normalized spacial score (nSPS) is 20.5. The quantitative estimate of drug-likeness (QED) is 0.481. The molecule has 2 atom stereocenters. The predicted octanol–water partition coefficient (Wildman–Crippen LogP) is 1.21. The fraction of sp³-hybridized carbons (Fsp3) is 0.417. The molecule has 35 heavy (non-hydrogen) atoms. The highest BCUT2D eigenvalue weighted by molar-refractivity contribution is 5.94. The molecule has 1 aromatic carbocycles. The van der Waals surface area contributed by atoms with Gasteiger partial charge in [0.05, 0.1) is 23.6 Å². The number of carbonyl (C=O) groups excluding carboxylic acids is 2. The number of nitrogens with zero attached hydrogens (tertiary/aromatic N) is 6. The van der Waals surface area contributed by atoms with E-state index < -0.39 is 6.10 Å². The lowest BCUT2D eigenvalue weighted by molar-refractivity contribution is 0.0534. The molecule has 1 saturated heterocycles. The number of β-amino-alcohol motifs (C(OH)–C–C–N with tert-alkyl or cyclic N) is 1. The van der Waals surface area contributed by atoms with Gasteiger partial charge in [0.25, 0.3) is 5.91 Å². The van der Waals surface area contributed by atoms with Gasteiger partial charge >= 0.3 is 5.97 Å². The molecule has 0 spiro atoms. The number of ether oxygens (including phenoxy) is 1. The Labute approximate surface area is 202 Å². The second-order valence-corrected chi connectivity index (χ2v) is 9.53. The number of tetrazole rings is 1. The number of benzene rings is 1. The molecule has 0 saturated carbocycles. The first-order chi connectivity index (χ1) is 16.8. The van der Waals surface area contributed by atoms with E-state index in [1.165, 1.54) is 11.0 Å². The molecule has 11 nitrogen and oxygen atoms in total. The molecule has 2 N–H and O–H groups in total. The summed E-state index contributed by atoms with van der Waals surface area (Å²) in [6.45, 7) is 6.89. The molecule has 182 valence electrons. The molecule has 0 bridgehead atoms. The third kappa shape index (κ3) is 4.64. The van der Waals surface area contributed by atoms with Crippen LogP contribution in [0, 0.1) is 12.3 Å². The Morgan fingerprint density at radius 2 is 2.17 bits per heavy atom. The molecule has 2 unspecified atom stereocenters. The van der Waals surface area contributed by atoms with Crippen molar-refractivity contribution in [3.05, 3.63) is 64.7 Å². The molecule has 3 aromatic rings. The van der Waals surface area contributed by atoms with E-state index >= 15 is 0 Å². The van der Waals surface area contributed by atoms with Crippen molar-refractivity contribution in [1.29, 1.82) is 0 Å². The van der Waals surface area contributed by atoms with E-state index in [0.29, 0.717) is 30.0 Å². The van der Waals surface area contributed by atoms with Crippen molar-refractivity contribution in [3.8, 4) is 5.69 Å². The number of hydrogen-bond donors (Lipinski definition) is 2. The number of aliphatic hydroxyl groups is 1. The number of pyridine rings is 1. The first kappa shape index (κ1) is 23.1. The maximum atomic E-state index is 12.6. The Morgan fingerprint density at radius 1 is 1.31 bits per heavy atom. The fourth-order valence-corrected chi connectivity index (χ4v) is 4.82. The van der Waals surface area contributed by atoms with Gasteiger partial charge in [-0.3, -0.25) is 9.69 Å². The van der Waals surface area contributed by atoms with Gasteiger partial charge in [0.2, 0.25) is 0 Å². The molecule has 0 radical (unpaired) electrons. The zero-order valence-corrected chi connectivity index (χ0v) is 19.6. The summed E-state index contributed by atoms with van der Waals surface area (Å²) in [5.41, 5.74) is 4.05. The summed E-state index contributed by atoms with van der Waals surface area (Å²) >= 11 is 0. The number of amides is 1. The smallest absolute Gasteiger partial charge is 0.338 e. The molecule has 2 aromatic heterocycles. The summed E-state index contributed by atoms with van der Waals surface area (Å²) in [5, 5.41) is 24.9. The summed E-state index contributed by atoms with van der Waals surface area (Å²) in [6.07, 6.45) is 3.24. The Balaban J connectivity index is 1.15. The van der Waals surface area contributed by atoms with Crippen molar-refractivity contribution in [2.24, 2.45) is 5.41 Å². The Bertz CT molecular complexity index is 1250. The number of carbonyl (C=O) groups is 2. The van der Waals surface area contributed by atoms with Gasteiger partial charge in [-0.15, -0.1) is 5.10 Å². The average molecular weight is 478 g/mol. The van der Waals surface area contributed by atoms with E-state index in [1.807, 2.05) is 13.0 Å². The second-order valence-electron chi connectivity index (χ2n) is 9.53. The number of aliphatic hydroxyl groups excluding tert-OH is 1. The number of rotatable bonds is 7. The highest BCUT2D eigenvalue weighted by Crippen LogP contribution is 2.33. The highest BCUT2D eigenvalue weighted by Gasteiger charge is 2.35. The van der Waals surface area contributed by atoms with E-state index in [-0.39, 0.29) is 23.9 Å². The van der Waals surface area contributed by atoms with E-state index in [4.69, 9.17) is 4.74 Å². The third-order valence-corrected chi connectivity index (χ3v) is 6.90. The van der Waals surface area contributed by atoms with Crippen molar-refractivity contribution in [3.63, 3.8) is 0 Å². The monoisotopic (exact) mass is 477 g/mol. The number of cyclic esters (lactones) is 1. The molecular weight excluding hydrogens is 450 g/mol. The van der Waals surface area contributed by atoms with Crippen LogP contribution in [0.15, 0.2) is 36.8 Å². The molecule has 11 heteroatoms. The maximum Gasteiger partial charge on any atom is 0.338 e. The SMILES string of the molecule is Cc1c(C(O)CN2CCC(C)(CNC(=O)c3ccc(-n4cnnn4)cn3)C2)ccc2c1COC2=O. The number of hydrogen-bond acceptors (Lipinski definition) is 9. The van der Waals surface area contributed by atoms with Crippen LogP contribution in [0.5, 0.6) is 0 Å². The summed E-state index contributed by atoms with van der Waals surface area (Å²) in [5.74, 6) is -0.543. The molecule has 5 rings (SSSR count). The maximum absolute atomic E-state index is 12.6. The lowest BCUT2D eigenvalue weighted by Gasteiger charge is -2.26. The van der Waals surface area contributed by atoms with Crippen LogP contribution in [0.1, 0.15) is 57.0 Å². The van der Waals surface area contributed by atoms with Crippen LogP contribution in [0.2, 0.25) is 0 Å². The van der Waals surface area contributed by atoms with Crippen LogP contribution in [0.3, 0.4) is 0 Å². The zero-order valence-electron chi connectivity index (χ0n) is 19.6. The Morgan fingerprint density at radius 3 is 2.91 bits per heavy atom. The van der Waals surface area contributed by atoms with Crippen LogP contribution < -0.4 is 5.32 Å². The van der Waals surface area contributed by atoms with Gasteiger partial charge in [0, 0.05) is 25.2 Å². The van der Waals surface area contributed by atoms with Crippen LogP contribution in [0.25, 0.3) is 5.69 Å². The minimum absolute atomic E-state index is 0.116. The van der Waals surface area contributed by atoms with Crippen molar-refractivity contribution < 1.29 is 19.4 Å². The Kier molecular flexibility index (Phi) is 6.03. The molecule has 2 aliphatic rings. The summed E-state index contributed by atoms with van der Waals surface area (Å²) in [6, 6.07) is 6.94. The van der Waals surface area contributed by atoms with E-state index in [1.54, 1.807) is 24.4 Å². The zero-order chi connectivity index (χ0) is 24.6. The van der Waals surface area contributed by atoms with Gasteiger partial charge < -0.3 is 15.2 Å².